The SMILES string of the molecule is Cc1cc(S/C=C/C2=C(C(=O)O)N3C(=O)[C@@H](NC(=O)/C(=N/O)c4nsc(N)n4)[C@H]3SC2)nc(SCCN)n1. The van der Waals surface area contributed by atoms with Gasteiger partial charge in [-0.05, 0) is 30.0 Å². The van der Waals surface area contributed by atoms with E-state index in [-0.39, 0.29) is 22.4 Å². The number of anilines is 1. The predicted octanol–water partition coefficient (Wildman–Crippen LogP) is 0.492. The molecule has 18 heteroatoms. The number of hydrogen-bond acceptors (Lipinski definition) is 15. The number of amides is 2. The first-order valence-corrected chi connectivity index (χ1v) is 14.5. The van der Waals surface area contributed by atoms with Crippen molar-refractivity contribution in [2.24, 2.45) is 10.9 Å². The minimum Gasteiger partial charge on any atom is -0.477 e. The maximum atomic E-state index is 12.9. The minimum atomic E-state index is -1.27. The van der Waals surface area contributed by atoms with Crippen LogP contribution in [0.15, 0.2) is 44.2 Å². The highest BCUT2D eigenvalue weighted by atomic mass is 32.2. The van der Waals surface area contributed by atoms with E-state index < -0.39 is 34.9 Å². The molecule has 2 atom stereocenters. The molecule has 0 spiro atoms. The summed E-state index contributed by atoms with van der Waals surface area (Å²) in [5.74, 6) is -1.99. The number of nitrogens with zero attached hydrogens (tertiary/aromatic N) is 6. The molecule has 200 valence electrons. The van der Waals surface area contributed by atoms with Crippen molar-refractivity contribution in [1.29, 1.82) is 0 Å². The number of hydrogen-bond donors (Lipinski definition) is 5. The van der Waals surface area contributed by atoms with Crippen LogP contribution >= 0.6 is 46.8 Å². The van der Waals surface area contributed by atoms with Gasteiger partial charge in [-0.3, -0.25) is 14.5 Å². The third-order valence-corrected chi connectivity index (χ3v) is 8.52. The van der Waals surface area contributed by atoms with Crippen LogP contribution < -0.4 is 16.8 Å². The summed E-state index contributed by atoms with van der Waals surface area (Å²) in [6.07, 6.45) is 1.63. The molecule has 7 N–H and O–H groups in total. The summed E-state index contributed by atoms with van der Waals surface area (Å²) >= 11 is 4.84. The maximum Gasteiger partial charge on any atom is 0.352 e. The Balaban J connectivity index is 1.46. The lowest BCUT2D eigenvalue weighted by atomic mass is 10.0. The van der Waals surface area contributed by atoms with Crippen molar-refractivity contribution in [3.8, 4) is 0 Å². The molecule has 2 aromatic heterocycles. The number of aromatic nitrogens is 4. The normalized spacial score (nSPS) is 19.5. The number of allylic oxidation sites excluding steroid dienone is 1. The van der Waals surface area contributed by atoms with Crippen molar-refractivity contribution in [3.63, 3.8) is 0 Å². The van der Waals surface area contributed by atoms with Crippen LogP contribution in [0.2, 0.25) is 0 Å². The van der Waals surface area contributed by atoms with E-state index in [2.05, 4.69) is 29.8 Å². The third-order valence-electron chi connectivity index (χ3n) is 5.07. The molecule has 0 radical (unpaired) electrons. The second-order valence-corrected chi connectivity index (χ2v) is 11.5. The number of carbonyl (C=O) groups excluding carboxylic acids is 2. The number of nitrogen functional groups attached to an aromatic ring is 1. The van der Waals surface area contributed by atoms with E-state index in [1.807, 2.05) is 13.0 Å². The van der Waals surface area contributed by atoms with Crippen LogP contribution in [0, 0.1) is 6.92 Å². The number of aliphatic carboxylic acids is 1. The Bertz CT molecular complexity index is 1360. The van der Waals surface area contributed by atoms with Crippen molar-refractivity contribution in [3.05, 3.63) is 40.3 Å². The summed E-state index contributed by atoms with van der Waals surface area (Å²) in [6, 6.07) is 0.786. The number of oxime groups is 1. The zero-order valence-electron chi connectivity index (χ0n) is 19.6. The molecular weight excluding hydrogens is 575 g/mol. The highest BCUT2D eigenvalue weighted by Gasteiger charge is 2.54. The van der Waals surface area contributed by atoms with Gasteiger partial charge < -0.3 is 27.1 Å². The molecule has 38 heavy (non-hydrogen) atoms. The quantitative estimate of drug-likeness (QED) is 0.0480. The van der Waals surface area contributed by atoms with Gasteiger partial charge in [0.15, 0.2) is 10.3 Å². The van der Waals surface area contributed by atoms with E-state index in [0.29, 0.717) is 28.1 Å². The van der Waals surface area contributed by atoms with Gasteiger partial charge in [-0.1, -0.05) is 28.7 Å². The van der Waals surface area contributed by atoms with Crippen LogP contribution in [0.25, 0.3) is 0 Å². The summed E-state index contributed by atoms with van der Waals surface area (Å²) in [5, 5.41) is 26.9. The van der Waals surface area contributed by atoms with E-state index in [4.69, 9.17) is 11.5 Å². The lowest BCUT2D eigenvalue weighted by Crippen LogP contribution is -2.71. The molecule has 1 fully saturated rings. The summed E-state index contributed by atoms with van der Waals surface area (Å²) in [5.41, 5.74) is 11.6. The summed E-state index contributed by atoms with van der Waals surface area (Å²) in [7, 11) is 0. The monoisotopic (exact) mass is 595 g/mol. The average molecular weight is 596 g/mol. The maximum absolute atomic E-state index is 12.9. The van der Waals surface area contributed by atoms with Gasteiger partial charge in [0.25, 0.3) is 11.8 Å². The van der Waals surface area contributed by atoms with Gasteiger partial charge in [-0.25, -0.2) is 14.8 Å². The fourth-order valence-electron chi connectivity index (χ4n) is 3.48. The predicted molar refractivity (Wildman–Crippen MR) is 144 cm³/mol. The van der Waals surface area contributed by atoms with Gasteiger partial charge in [0.05, 0.1) is 0 Å². The Hall–Kier alpha value is -3.19. The van der Waals surface area contributed by atoms with Crippen LogP contribution in [0.4, 0.5) is 5.13 Å². The molecule has 0 unspecified atom stereocenters. The largest absolute Gasteiger partial charge is 0.477 e. The first-order chi connectivity index (χ1) is 18.2. The van der Waals surface area contributed by atoms with E-state index in [1.54, 1.807) is 11.5 Å². The number of nitrogens with one attached hydrogen (secondary N) is 1. The van der Waals surface area contributed by atoms with Crippen molar-refractivity contribution < 1.29 is 24.7 Å². The molecular formula is C20H21N9O5S4. The topological polar surface area (TPSA) is 223 Å². The Morgan fingerprint density at radius 3 is 2.82 bits per heavy atom. The number of nitrogens with two attached hydrogens (primary N) is 2. The molecule has 0 aliphatic carbocycles. The highest BCUT2D eigenvalue weighted by Crippen LogP contribution is 2.41. The molecule has 4 rings (SSSR count). The van der Waals surface area contributed by atoms with Crippen molar-refractivity contribution in [1.82, 2.24) is 29.5 Å². The first-order valence-electron chi connectivity index (χ1n) is 10.8. The minimum absolute atomic E-state index is 0.0680. The number of rotatable bonds is 10. The zero-order valence-corrected chi connectivity index (χ0v) is 22.9. The van der Waals surface area contributed by atoms with Gasteiger partial charge in [0, 0.05) is 35.3 Å². The number of carboxylic acid groups (broad SMARTS) is 1. The molecule has 14 nitrogen and oxygen atoms in total. The molecule has 2 amide bonds. The molecule has 2 aromatic rings. The van der Waals surface area contributed by atoms with Gasteiger partial charge in [0.1, 0.15) is 22.1 Å². The number of β-lactam (4-membered cyclic amide) rings is 1. The number of thioether (sulfide) groups is 3. The standard InChI is InChI=1S/C20H21N9O5S4/c1-8-6-10(24-20(23-8)36-5-3-21)35-4-2-9-7-37-17-12(16(31)29(17)13(9)18(32)33)25-15(30)11(27-34)14-26-19(22)38-28-14/h2,4,6,12,17,34H,3,5,7,21H2,1H3,(H,25,30)(H,32,33)(H2,22,26,28)/b4-2+,27-11+/t12-,17-/m1/s1. The Morgan fingerprint density at radius 2 is 2.16 bits per heavy atom. The van der Waals surface area contributed by atoms with Gasteiger partial charge in [-0.2, -0.15) is 9.36 Å². The number of aryl methyl sites for hydroxylation is 1. The van der Waals surface area contributed by atoms with Gasteiger partial charge >= 0.3 is 5.97 Å². The second kappa shape index (κ2) is 12.1. The number of carboxylic acids is 1. The van der Waals surface area contributed by atoms with Crippen molar-refractivity contribution in [2.75, 3.05) is 23.8 Å². The lowest BCUT2D eigenvalue weighted by molar-refractivity contribution is -0.150. The Labute approximate surface area is 232 Å². The Morgan fingerprint density at radius 1 is 1.37 bits per heavy atom. The van der Waals surface area contributed by atoms with E-state index >= 15 is 0 Å². The molecule has 2 aliphatic heterocycles. The molecule has 0 bridgehead atoms. The zero-order chi connectivity index (χ0) is 27.4. The molecule has 0 saturated carbocycles. The van der Waals surface area contributed by atoms with Crippen molar-refractivity contribution in [2.45, 2.75) is 28.5 Å². The van der Waals surface area contributed by atoms with Crippen LogP contribution in [-0.2, 0) is 14.4 Å². The average Bonchev–Trinajstić information content (AvgIpc) is 3.31. The second-order valence-electron chi connectivity index (χ2n) is 7.63. The number of carbonyl (C=O) groups is 3. The fraction of sp³-hybridized carbons (Fsp3) is 0.300. The van der Waals surface area contributed by atoms with Gasteiger partial charge in [-0.15, -0.1) is 11.8 Å². The highest BCUT2D eigenvalue weighted by molar-refractivity contribution is 8.02. The van der Waals surface area contributed by atoms with Gasteiger partial charge in [0.2, 0.25) is 11.5 Å². The van der Waals surface area contributed by atoms with E-state index in [1.165, 1.54) is 35.3 Å². The molecule has 2 aliphatic rings. The van der Waals surface area contributed by atoms with Crippen LogP contribution in [-0.4, -0.2) is 87.5 Å². The molecule has 1 saturated heterocycles. The summed E-state index contributed by atoms with van der Waals surface area (Å²) in [4.78, 5) is 51.4. The van der Waals surface area contributed by atoms with Crippen molar-refractivity contribution >= 4 is 75.4 Å². The lowest BCUT2D eigenvalue weighted by Gasteiger charge is -2.49. The summed E-state index contributed by atoms with van der Waals surface area (Å²) < 4.78 is 3.82. The van der Waals surface area contributed by atoms with E-state index in [0.717, 1.165) is 22.1 Å². The molecule has 4 heterocycles. The van der Waals surface area contributed by atoms with Crippen LogP contribution in [0.5, 0.6) is 0 Å². The fourth-order valence-corrected chi connectivity index (χ4v) is 6.71. The molecule has 0 aromatic carbocycles. The first kappa shape index (κ1) is 27.8. The smallest absolute Gasteiger partial charge is 0.352 e. The third kappa shape index (κ3) is 5.93. The Kier molecular flexibility index (Phi) is 8.87. The number of fused-ring (bicyclic) bond motifs is 1. The van der Waals surface area contributed by atoms with E-state index in [9.17, 15) is 24.7 Å². The summed E-state index contributed by atoms with van der Waals surface area (Å²) in [6.45, 7) is 2.36. The van der Waals surface area contributed by atoms with Crippen LogP contribution in [0.3, 0.4) is 0 Å². The van der Waals surface area contributed by atoms with Crippen LogP contribution in [0.1, 0.15) is 11.5 Å².